The normalized spacial score (nSPS) is 10.9. The molecule has 1 aromatic carbocycles. The van der Waals surface area contributed by atoms with Crippen molar-refractivity contribution in [1.82, 2.24) is 14.9 Å². The Balaban J connectivity index is 2.16. The molecule has 0 aliphatic carbocycles. The first-order valence-corrected chi connectivity index (χ1v) is 6.62. The first-order chi connectivity index (χ1) is 9.83. The molecule has 20 heavy (non-hydrogen) atoms. The van der Waals surface area contributed by atoms with Gasteiger partial charge < -0.3 is 9.47 Å². The second kappa shape index (κ2) is 7.28. The van der Waals surface area contributed by atoms with Gasteiger partial charge in [-0.1, -0.05) is 6.92 Å². The van der Waals surface area contributed by atoms with Crippen molar-refractivity contribution in [3.63, 3.8) is 0 Å². The maximum absolute atomic E-state index is 5.65. The van der Waals surface area contributed by atoms with E-state index in [0.717, 1.165) is 23.5 Å². The van der Waals surface area contributed by atoms with Gasteiger partial charge in [0.05, 0.1) is 19.4 Å². The average Bonchev–Trinajstić information content (AvgIpc) is 2.98. The summed E-state index contributed by atoms with van der Waals surface area (Å²) in [7, 11) is 0. The van der Waals surface area contributed by atoms with Crippen molar-refractivity contribution in [1.29, 1.82) is 0 Å². The van der Waals surface area contributed by atoms with Crippen molar-refractivity contribution in [2.75, 3.05) is 13.2 Å². The zero-order valence-electron chi connectivity index (χ0n) is 11.7. The van der Waals surface area contributed by atoms with Crippen LogP contribution in [0.2, 0.25) is 0 Å². The van der Waals surface area contributed by atoms with Crippen molar-refractivity contribution >= 4 is 6.21 Å². The highest BCUT2D eigenvalue weighted by Crippen LogP contribution is 2.28. The molecule has 0 fully saturated rings. The van der Waals surface area contributed by atoms with Crippen LogP contribution in [0.5, 0.6) is 11.5 Å². The first kappa shape index (κ1) is 14.0. The lowest BCUT2D eigenvalue weighted by atomic mass is 10.2. The SMILES string of the molecule is CCCOc1ccc(/C=N/n2cnnc2)cc1OCC. The Bertz CT molecular complexity index is 552. The summed E-state index contributed by atoms with van der Waals surface area (Å²) in [5.74, 6) is 1.49. The lowest BCUT2D eigenvalue weighted by Crippen LogP contribution is -2.00. The molecule has 2 rings (SSSR count). The van der Waals surface area contributed by atoms with Gasteiger partial charge in [0.15, 0.2) is 11.5 Å². The van der Waals surface area contributed by atoms with Gasteiger partial charge in [-0.25, -0.2) is 4.68 Å². The van der Waals surface area contributed by atoms with Gasteiger partial charge >= 0.3 is 0 Å². The van der Waals surface area contributed by atoms with Crippen molar-refractivity contribution < 1.29 is 9.47 Å². The topological polar surface area (TPSA) is 61.5 Å². The van der Waals surface area contributed by atoms with E-state index in [1.54, 1.807) is 6.21 Å². The third-order valence-corrected chi connectivity index (χ3v) is 2.48. The predicted molar refractivity (Wildman–Crippen MR) is 76.4 cm³/mol. The van der Waals surface area contributed by atoms with E-state index in [1.165, 1.54) is 17.3 Å². The summed E-state index contributed by atoms with van der Waals surface area (Å²) in [5, 5.41) is 11.6. The van der Waals surface area contributed by atoms with Crippen molar-refractivity contribution in [3.05, 3.63) is 36.4 Å². The number of nitrogens with zero attached hydrogens (tertiary/aromatic N) is 4. The standard InChI is InChI=1S/C14H18N4O2/c1-3-7-20-13-6-5-12(8-14(13)19-4-2)9-17-18-10-15-16-11-18/h5-6,8-11H,3-4,7H2,1-2H3/b17-9+. The molecular weight excluding hydrogens is 256 g/mol. The van der Waals surface area contributed by atoms with Gasteiger partial charge in [0.25, 0.3) is 0 Å². The zero-order chi connectivity index (χ0) is 14.2. The van der Waals surface area contributed by atoms with E-state index in [9.17, 15) is 0 Å². The molecule has 106 valence electrons. The minimum absolute atomic E-state index is 0.592. The van der Waals surface area contributed by atoms with Crippen LogP contribution in [0.15, 0.2) is 36.0 Å². The summed E-state index contributed by atoms with van der Waals surface area (Å²) in [6.07, 6.45) is 5.73. The number of ether oxygens (including phenoxy) is 2. The number of hydrogen-bond acceptors (Lipinski definition) is 5. The summed E-state index contributed by atoms with van der Waals surface area (Å²) in [6.45, 7) is 5.28. The van der Waals surface area contributed by atoms with Crippen molar-refractivity contribution in [3.8, 4) is 11.5 Å². The van der Waals surface area contributed by atoms with Crippen LogP contribution in [0.1, 0.15) is 25.8 Å². The van der Waals surface area contributed by atoms with Crippen LogP contribution >= 0.6 is 0 Å². The molecule has 0 radical (unpaired) electrons. The Morgan fingerprint density at radius 1 is 1.15 bits per heavy atom. The molecule has 0 saturated heterocycles. The molecule has 6 nitrogen and oxygen atoms in total. The van der Waals surface area contributed by atoms with Gasteiger partial charge in [-0.15, -0.1) is 10.2 Å². The number of aromatic nitrogens is 3. The van der Waals surface area contributed by atoms with E-state index in [1.807, 2.05) is 25.1 Å². The number of hydrogen-bond donors (Lipinski definition) is 0. The highest BCUT2D eigenvalue weighted by atomic mass is 16.5. The summed E-state index contributed by atoms with van der Waals surface area (Å²) in [6, 6.07) is 5.73. The number of rotatable bonds is 7. The van der Waals surface area contributed by atoms with E-state index >= 15 is 0 Å². The van der Waals surface area contributed by atoms with Crippen LogP contribution in [-0.2, 0) is 0 Å². The fourth-order valence-electron chi connectivity index (χ4n) is 1.59. The van der Waals surface area contributed by atoms with Crippen LogP contribution in [-0.4, -0.2) is 34.3 Å². The molecule has 0 aliphatic heterocycles. The molecule has 6 heteroatoms. The molecule has 0 spiro atoms. The zero-order valence-corrected chi connectivity index (χ0v) is 11.7. The van der Waals surface area contributed by atoms with Crippen LogP contribution in [0.25, 0.3) is 0 Å². The predicted octanol–water partition coefficient (Wildman–Crippen LogP) is 2.35. The Hall–Kier alpha value is -2.37. The van der Waals surface area contributed by atoms with Crippen LogP contribution in [0.3, 0.4) is 0 Å². The third kappa shape index (κ3) is 3.81. The van der Waals surface area contributed by atoms with E-state index in [-0.39, 0.29) is 0 Å². The summed E-state index contributed by atoms with van der Waals surface area (Å²) < 4.78 is 12.8. The highest BCUT2D eigenvalue weighted by Gasteiger charge is 2.05. The molecular formula is C14H18N4O2. The maximum Gasteiger partial charge on any atom is 0.161 e. The smallest absolute Gasteiger partial charge is 0.161 e. The molecule has 0 amide bonds. The summed E-state index contributed by atoms with van der Waals surface area (Å²) in [4.78, 5) is 0. The van der Waals surface area contributed by atoms with Crippen LogP contribution < -0.4 is 9.47 Å². The molecule has 0 bridgehead atoms. The molecule has 0 aliphatic rings. The van der Waals surface area contributed by atoms with E-state index in [4.69, 9.17) is 9.47 Å². The monoisotopic (exact) mass is 274 g/mol. The Labute approximate surface area is 118 Å². The molecule has 1 aromatic heterocycles. The lowest BCUT2D eigenvalue weighted by Gasteiger charge is -2.11. The Morgan fingerprint density at radius 2 is 1.95 bits per heavy atom. The second-order valence-electron chi connectivity index (χ2n) is 4.07. The maximum atomic E-state index is 5.65. The van der Waals surface area contributed by atoms with E-state index in [0.29, 0.717) is 13.2 Å². The highest BCUT2D eigenvalue weighted by molar-refractivity contribution is 5.80. The largest absolute Gasteiger partial charge is 0.490 e. The van der Waals surface area contributed by atoms with Gasteiger partial charge in [0.1, 0.15) is 12.7 Å². The molecule has 0 saturated carbocycles. The summed E-state index contributed by atoms with van der Waals surface area (Å²) >= 11 is 0. The minimum Gasteiger partial charge on any atom is -0.490 e. The van der Waals surface area contributed by atoms with E-state index < -0.39 is 0 Å². The average molecular weight is 274 g/mol. The second-order valence-corrected chi connectivity index (χ2v) is 4.07. The molecule has 0 unspecified atom stereocenters. The first-order valence-electron chi connectivity index (χ1n) is 6.62. The minimum atomic E-state index is 0.592. The quantitative estimate of drug-likeness (QED) is 0.727. The summed E-state index contributed by atoms with van der Waals surface area (Å²) in [5.41, 5.74) is 0.922. The van der Waals surface area contributed by atoms with Crippen LogP contribution in [0.4, 0.5) is 0 Å². The van der Waals surface area contributed by atoms with Crippen molar-refractivity contribution in [2.45, 2.75) is 20.3 Å². The fraction of sp³-hybridized carbons (Fsp3) is 0.357. The molecule has 0 atom stereocenters. The van der Waals surface area contributed by atoms with Gasteiger partial charge in [0, 0.05) is 0 Å². The lowest BCUT2D eigenvalue weighted by molar-refractivity contribution is 0.277. The number of benzene rings is 1. The third-order valence-electron chi connectivity index (χ3n) is 2.48. The fourth-order valence-corrected chi connectivity index (χ4v) is 1.59. The van der Waals surface area contributed by atoms with E-state index in [2.05, 4.69) is 22.2 Å². The molecule has 2 aromatic rings. The van der Waals surface area contributed by atoms with Gasteiger partial charge in [0.2, 0.25) is 0 Å². The van der Waals surface area contributed by atoms with Gasteiger partial charge in [-0.05, 0) is 37.1 Å². The molecule has 1 heterocycles. The van der Waals surface area contributed by atoms with Gasteiger partial charge in [-0.3, -0.25) is 0 Å². The van der Waals surface area contributed by atoms with Crippen LogP contribution in [0, 0.1) is 0 Å². The Morgan fingerprint density at radius 3 is 2.65 bits per heavy atom. The van der Waals surface area contributed by atoms with Crippen molar-refractivity contribution in [2.24, 2.45) is 5.10 Å². The Kier molecular flexibility index (Phi) is 5.11. The molecule has 0 N–H and O–H groups in total. The van der Waals surface area contributed by atoms with Gasteiger partial charge in [-0.2, -0.15) is 5.10 Å².